The van der Waals surface area contributed by atoms with Crippen molar-refractivity contribution in [2.45, 2.75) is 40.0 Å². The number of rotatable bonds is 18. The Morgan fingerprint density at radius 1 is 0.571 bits per heavy atom. The van der Waals surface area contributed by atoms with Crippen LogP contribution in [-0.4, -0.2) is 77.4 Å². The smallest absolute Gasteiger partial charge is 0.308 e. The Bertz CT molecular complexity index is 364. The quantitative estimate of drug-likeness (QED) is 0.190. The maximum Gasteiger partial charge on any atom is 0.308 e. The lowest BCUT2D eigenvalue weighted by Crippen LogP contribution is -2.24. The van der Waals surface area contributed by atoms with Gasteiger partial charge in [0.15, 0.2) is 0 Å². The van der Waals surface area contributed by atoms with E-state index in [0.717, 1.165) is 0 Å². The summed E-state index contributed by atoms with van der Waals surface area (Å²) in [5.41, 5.74) is 0. The molecular formula is C19H34O9. The molecule has 0 aliphatic carbocycles. The minimum Gasteiger partial charge on any atom is -0.466 e. The van der Waals surface area contributed by atoms with Gasteiger partial charge in [0.05, 0.1) is 78.7 Å². The van der Waals surface area contributed by atoms with Gasteiger partial charge in [0.25, 0.3) is 0 Å². The van der Waals surface area contributed by atoms with Gasteiger partial charge >= 0.3 is 17.9 Å². The summed E-state index contributed by atoms with van der Waals surface area (Å²) in [6.07, 6.45) is 0.524. The zero-order valence-electron chi connectivity index (χ0n) is 17.2. The van der Waals surface area contributed by atoms with Crippen molar-refractivity contribution in [2.75, 3.05) is 59.5 Å². The van der Waals surface area contributed by atoms with Crippen LogP contribution >= 0.6 is 0 Å². The van der Waals surface area contributed by atoms with Gasteiger partial charge in [0.2, 0.25) is 0 Å². The monoisotopic (exact) mass is 406 g/mol. The highest BCUT2D eigenvalue weighted by molar-refractivity contribution is 5.70. The SMILES string of the molecule is CCOC(=O)CCOCC(COCCC(=O)OCC)COCCC(=O)OCC. The van der Waals surface area contributed by atoms with Crippen LogP contribution in [0.5, 0.6) is 0 Å². The van der Waals surface area contributed by atoms with E-state index in [2.05, 4.69) is 0 Å². The Balaban J connectivity index is 4.12. The van der Waals surface area contributed by atoms with Crippen LogP contribution in [0.4, 0.5) is 0 Å². The molecule has 0 bridgehead atoms. The van der Waals surface area contributed by atoms with Crippen molar-refractivity contribution in [3.05, 3.63) is 0 Å². The van der Waals surface area contributed by atoms with Crippen LogP contribution in [0.25, 0.3) is 0 Å². The summed E-state index contributed by atoms with van der Waals surface area (Å²) in [5.74, 6) is -1.03. The zero-order chi connectivity index (χ0) is 21.0. The Morgan fingerprint density at radius 2 is 0.857 bits per heavy atom. The molecule has 0 aromatic carbocycles. The highest BCUT2D eigenvalue weighted by Crippen LogP contribution is 2.03. The third-order valence-corrected chi connectivity index (χ3v) is 3.33. The van der Waals surface area contributed by atoms with Gasteiger partial charge in [-0.15, -0.1) is 0 Å². The highest BCUT2D eigenvalue weighted by Gasteiger charge is 2.13. The summed E-state index contributed by atoms with van der Waals surface area (Å²) in [5, 5.41) is 0. The van der Waals surface area contributed by atoms with E-state index in [1.807, 2.05) is 0 Å². The van der Waals surface area contributed by atoms with Crippen molar-refractivity contribution in [1.29, 1.82) is 0 Å². The fraction of sp³-hybridized carbons (Fsp3) is 0.842. The van der Waals surface area contributed by atoms with E-state index in [1.54, 1.807) is 20.8 Å². The van der Waals surface area contributed by atoms with Crippen LogP contribution in [0.2, 0.25) is 0 Å². The minimum absolute atomic E-state index is 0.105. The molecule has 0 radical (unpaired) electrons. The van der Waals surface area contributed by atoms with Gasteiger partial charge in [-0.25, -0.2) is 0 Å². The number of ether oxygens (including phenoxy) is 6. The number of esters is 3. The summed E-state index contributed by atoms with van der Waals surface area (Å²) in [6, 6.07) is 0. The van der Waals surface area contributed by atoms with E-state index < -0.39 is 0 Å². The molecule has 0 aliphatic heterocycles. The van der Waals surface area contributed by atoms with Gasteiger partial charge in [0.1, 0.15) is 0 Å². The molecule has 0 N–H and O–H groups in total. The lowest BCUT2D eigenvalue weighted by molar-refractivity contribution is -0.145. The fourth-order valence-electron chi connectivity index (χ4n) is 2.06. The molecule has 9 nitrogen and oxygen atoms in total. The van der Waals surface area contributed by atoms with Crippen LogP contribution in [0.1, 0.15) is 40.0 Å². The van der Waals surface area contributed by atoms with Gasteiger partial charge in [-0.2, -0.15) is 0 Å². The zero-order valence-corrected chi connectivity index (χ0v) is 17.2. The van der Waals surface area contributed by atoms with Gasteiger partial charge in [-0.05, 0) is 20.8 Å². The largest absolute Gasteiger partial charge is 0.466 e. The second-order valence-electron chi connectivity index (χ2n) is 5.76. The molecule has 0 fully saturated rings. The van der Waals surface area contributed by atoms with E-state index in [4.69, 9.17) is 28.4 Å². The molecule has 0 saturated heterocycles. The third-order valence-electron chi connectivity index (χ3n) is 3.33. The molecule has 0 atom stereocenters. The van der Waals surface area contributed by atoms with Crippen molar-refractivity contribution in [3.63, 3.8) is 0 Å². The van der Waals surface area contributed by atoms with Crippen LogP contribution < -0.4 is 0 Å². The Morgan fingerprint density at radius 3 is 1.11 bits per heavy atom. The van der Waals surface area contributed by atoms with E-state index in [-0.39, 0.29) is 62.9 Å². The topological polar surface area (TPSA) is 107 Å². The van der Waals surface area contributed by atoms with Crippen molar-refractivity contribution in [1.82, 2.24) is 0 Å². The number of hydrogen-bond acceptors (Lipinski definition) is 9. The molecule has 0 saturated carbocycles. The lowest BCUT2D eigenvalue weighted by Gasteiger charge is -2.17. The second kappa shape index (κ2) is 18.6. The van der Waals surface area contributed by atoms with E-state index in [0.29, 0.717) is 39.6 Å². The predicted octanol–water partition coefficient (Wildman–Crippen LogP) is 1.51. The van der Waals surface area contributed by atoms with Crippen molar-refractivity contribution in [3.8, 4) is 0 Å². The summed E-state index contributed by atoms with van der Waals surface area (Å²) < 4.78 is 31.0. The predicted molar refractivity (Wildman–Crippen MR) is 99.7 cm³/mol. The van der Waals surface area contributed by atoms with Gasteiger partial charge in [-0.1, -0.05) is 0 Å². The van der Waals surface area contributed by atoms with Crippen molar-refractivity contribution < 1.29 is 42.8 Å². The summed E-state index contributed by atoms with van der Waals surface area (Å²) in [7, 11) is 0. The third kappa shape index (κ3) is 16.5. The molecular weight excluding hydrogens is 372 g/mol. The molecule has 0 aromatic rings. The molecule has 0 unspecified atom stereocenters. The van der Waals surface area contributed by atoms with E-state index >= 15 is 0 Å². The Labute approximate surface area is 166 Å². The van der Waals surface area contributed by atoms with Gasteiger partial charge in [-0.3, -0.25) is 14.4 Å². The van der Waals surface area contributed by atoms with E-state index in [9.17, 15) is 14.4 Å². The van der Waals surface area contributed by atoms with Crippen LogP contribution in [0.15, 0.2) is 0 Å². The summed E-state index contributed by atoms with van der Waals surface area (Å²) in [4.78, 5) is 33.9. The van der Waals surface area contributed by atoms with Gasteiger partial charge < -0.3 is 28.4 Å². The van der Waals surface area contributed by atoms with Crippen molar-refractivity contribution in [2.24, 2.45) is 5.92 Å². The first-order valence-corrected chi connectivity index (χ1v) is 9.73. The van der Waals surface area contributed by atoms with E-state index in [1.165, 1.54) is 0 Å². The maximum atomic E-state index is 11.3. The minimum atomic E-state index is -0.310. The second-order valence-corrected chi connectivity index (χ2v) is 5.76. The summed E-state index contributed by atoms with van der Waals surface area (Å²) >= 11 is 0. The highest BCUT2D eigenvalue weighted by atomic mass is 16.5. The number of carbonyl (C=O) groups excluding carboxylic acids is 3. The fourth-order valence-corrected chi connectivity index (χ4v) is 2.06. The first-order valence-electron chi connectivity index (χ1n) is 9.73. The van der Waals surface area contributed by atoms with Crippen LogP contribution in [0, 0.1) is 5.92 Å². The van der Waals surface area contributed by atoms with Crippen LogP contribution in [-0.2, 0) is 42.8 Å². The molecule has 164 valence electrons. The molecule has 0 rings (SSSR count). The Hall–Kier alpha value is -1.71. The average Bonchev–Trinajstić information content (AvgIpc) is 2.65. The molecule has 0 heterocycles. The molecule has 0 amide bonds. The Kier molecular flexibility index (Phi) is 17.5. The number of carbonyl (C=O) groups is 3. The van der Waals surface area contributed by atoms with Crippen molar-refractivity contribution >= 4 is 17.9 Å². The molecule has 0 spiro atoms. The molecule has 9 heteroatoms. The number of hydrogen-bond donors (Lipinski definition) is 0. The molecule has 28 heavy (non-hydrogen) atoms. The molecule has 0 aromatic heterocycles. The first kappa shape index (κ1) is 26.3. The normalized spacial score (nSPS) is 10.7. The van der Waals surface area contributed by atoms with Gasteiger partial charge in [0, 0.05) is 5.92 Å². The maximum absolute atomic E-state index is 11.3. The standard InChI is InChI=1S/C19H34O9/c1-4-26-17(20)7-10-23-13-16(14-24-11-8-18(21)27-5-2)15-25-12-9-19(22)28-6-3/h16H,4-15H2,1-3H3. The first-order chi connectivity index (χ1) is 13.5. The lowest BCUT2D eigenvalue weighted by atomic mass is 10.2. The molecule has 0 aliphatic rings. The van der Waals surface area contributed by atoms with Crippen LogP contribution in [0.3, 0.4) is 0 Å². The summed E-state index contributed by atoms with van der Waals surface area (Å²) in [6.45, 7) is 7.91. The average molecular weight is 406 g/mol.